The number of benzene rings is 2. The number of hydrogen-bond donors (Lipinski definition) is 1. The fourth-order valence-electron chi connectivity index (χ4n) is 2.56. The second kappa shape index (κ2) is 8.18. The maximum Gasteiger partial charge on any atom is 0.287 e. The summed E-state index contributed by atoms with van der Waals surface area (Å²) >= 11 is 0. The van der Waals surface area contributed by atoms with Crippen molar-refractivity contribution in [3.8, 4) is 17.1 Å². The molecule has 7 nitrogen and oxygen atoms in total. The third-order valence-electron chi connectivity index (χ3n) is 4.05. The number of amides is 1. The van der Waals surface area contributed by atoms with Crippen LogP contribution in [0.15, 0.2) is 65.1 Å². The maximum absolute atomic E-state index is 12.2. The van der Waals surface area contributed by atoms with E-state index in [1.165, 1.54) is 12.1 Å². The minimum Gasteiger partial charge on any atom is -0.497 e. The quantitative estimate of drug-likeness (QED) is 0.506. The first-order valence-electron chi connectivity index (χ1n) is 8.32. The summed E-state index contributed by atoms with van der Waals surface area (Å²) in [4.78, 5) is 22.4. The van der Waals surface area contributed by atoms with Crippen LogP contribution in [0.4, 0.5) is 5.69 Å². The second-order valence-corrected chi connectivity index (χ2v) is 5.82. The summed E-state index contributed by atoms with van der Waals surface area (Å²) in [6.07, 6.45) is 0.686. The average molecular weight is 366 g/mol. The molecule has 1 N–H and O–H groups in total. The van der Waals surface area contributed by atoms with Crippen molar-refractivity contribution in [1.82, 2.24) is 5.32 Å². The summed E-state index contributed by atoms with van der Waals surface area (Å²) in [6, 6.07) is 16.9. The van der Waals surface area contributed by atoms with E-state index in [1.807, 2.05) is 24.3 Å². The minimum atomic E-state index is -0.465. The van der Waals surface area contributed by atoms with Gasteiger partial charge in [-0.25, -0.2) is 0 Å². The summed E-state index contributed by atoms with van der Waals surface area (Å²) in [7, 11) is 1.61. The maximum atomic E-state index is 12.2. The molecule has 0 fully saturated rings. The molecule has 27 heavy (non-hydrogen) atoms. The van der Waals surface area contributed by atoms with E-state index < -0.39 is 4.92 Å². The highest BCUT2D eigenvalue weighted by atomic mass is 16.6. The number of hydrogen-bond acceptors (Lipinski definition) is 5. The molecule has 3 rings (SSSR count). The Morgan fingerprint density at radius 3 is 2.41 bits per heavy atom. The largest absolute Gasteiger partial charge is 0.497 e. The van der Waals surface area contributed by atoms with Crippen molar-refractivity contribution in [1.29, 1.82) is 0 Å². The van der Waals surface area contributed by atoms with Crippen molar-refractivity contribution in [2.75, 3.05) is 13.7 Å². The van der Waals surface area contributed by atoms with Crippen LogP contribution in [0.1, 0.15) is 16.1 Å². The molecular formula is C20H18N2O5. The summed E-state index contributed by atoms with van der Waals surface area (Å²) in [5.41, 5.74) is 1.75. The van der Waals surface area contributed by atoms with Crippen molar-refractivity contribution in [3.63, 3.8) is 0 Å². The molecule has 0 aliphatic heterocycles. The molecule has 0 spiro atoms. The number of non-ortho nitro benzene ring substituents is 1. The normalized spacial score (nSPS) is 10.4. The standard InChI is InChI=1S/C20H18N2O5/c1-26-17-8-2-14(3-9-17)12-13-21-20(23)19-11-10-18(27-19)15-4-6-16(7-5-15)22(24)25/h2-11H,12-13H2,1H3,(H,21,23). The molecule has 0 atom stereocenters. The van der Waals surface area contributed by atoms with Crippen LogP contribution in [-0.4, -0.2) is 24.5 Å². The Hall–Kier alpha value is -3.61. The molecule has 0 radical (unpaired) electrons. The minimum absolute atomic E-state index is 0.00167. The van der Waals surface area contributed by atoms with Gasteiger partial charge in [0.05, 0.1) is 12.0 Å². The van der Waals surface area contributed by atoms with Crippen LogP contribution in [0.5, 0.6) is 5.75 Å². The average Bonchev–Trinajstić information content (AvgIpc) is 3.19. The number of carbonyl (C=O) groups excluding carboxylic acids is 1. The van der Waals surface area contributed by atoms with Gasteiger partial charge in [0.1, 0.15) is 11.5 Å². The van der Waals surface area contributed by atoms with E-state index in [4.69, 9.17) is 9.15 Å². The predicted octanol–water partition coefficient (Wildman–Crippen LogP) is 3.84. The number of nitro groups is 1. The molecule has 0 saturated heterocycles. The Balaban J connectivity index is 1.56. The Kier molecular flexibility index (Phi) is 5.51. The number of nitrogens with one attached hydrogen (secondary N) is 1. The van der Waals surface area contributed by atoms with Gasteiger partial charge >= 0.3 is 0 Å². The molecule has 0 bridgehead atoms. The van der Waals surface area contributed by atoms with Gasteiger partial charge in [-0.15, -0.1) is 0 Å². The lowest BCUT2D eigenvalue weighted by molar-refractivity contribution is -0.384. The molecule has 0 aliphatic carbocycles. The van der Waals surface area contributed by atoms with Gasteiger partial charge in [0.2, 0.25) is 0 Å². The lowest BCUT2D eigenvalue weighted by Gasteiger charge is -2.05. The van der Waals surface area contributed by atoms with Crippen LogP contribution in [0.25, 0.3) is 11.3 Å². The topological polar surface area (TPSA) is 94.6 Å². The summed E-state index contributed by atoms with van der Waals surface area (Å²) in [5.74, 6) is 1.15. The summed E-state index contributed by atoms with van der Waals surface area (Å²) < 4.78 is 10.7. The summed E-state index contributed by atoms with van der Waals surface area (Å²) in [5, 5.41) is 13.5. The summed E-state index contributed by atoms with van der Waals surface area (Å²) in [6.45, 7) is 0.471. The fraction of sp³-hybridized carbons (Fsp3) is 0.150. The van der Waals surface area contributed by atoms with Crippen LogP contribution in [-0.2, 0) is 6.42 Å². The van der Waals surface area contributed by atoms with E-state index in [1.54, 1.807) is 31.4 Å². The lowest BCUT2D eigenvalue weighted by atomic mass is 10.1. The Labute approximate surface area is 155 Å². The highest BCUT2D eigenvalue weighted by Crippen LogP contribution is 2.24. The van der Waals surface area contributed by atoms with E-state index in [9.17, 15) is 14.9 Å². The number of rotatable bonds is 7. The monoisotopic (exact) mass is 366 g/mol. The molecule has 138 valence electrons. The predicted molar refractivity (Wildman–Crippen MR) is 99.8 cm³/mol. The van der Waals surface area contributed by atoms with Crippen LogP contribution in [0.2, 0.25) is 0 Å². The van der Waals surface area contributed by atoms with Gasteiger partial charge in [0, 0.05) is 24.2 Å². The van der Waals surface area contributed by atoms with Crippen molar-refractivity contribution < 1.29 is 18.9 Å². The van der Waals surface area contributed by atoms with Crippen LogP contribution < -0.4 is 10.1 Å². The highest BCUT2D eigenvalue weighted by Gasteiger charge is 2.13. The molecule has 1 aromatic heterocycles. The number of nitrogens with zero attached hydrogens (tertiary/aromatic N) is 1. The Bertz CT molecular complexity index is 930. The lowest BCUT2D eigenvalue weighted by Crippen LogP contribution is -2.25. The second-order valence-electron chi connectivity index (χ2n) is 5.82. The molecule has 0 aliphatic rings. The zero-order valence-corrected chi connectivity index (χ0v) is 14.7. The number of ether oxygens (including phenoxy) is 1. The van der Waals surface area contributed by atoms with Crippen LogP contribution in [0, 0.1) is 10.1 Å². The fourth-order valence-corrected chi connectivity index (χ4v) is 2.56. The van der Waals surface area contributed by atoms with E-state index in [2.05, 4.69) is 5.32 Å². The first-order chi connectivity index (χ1) is 13.1. The van der Waals surface area contributed by atoms with Crippen molar-refractivity contribution in [2.45, 2.75) is 6.42 Å². The molecule has 7 heteroatoms. The molecule has 2 aromatic carbocycles. The van der Waals surface area contributed by atoms with Crippen LogP contribution >= 0.6 is 0 Å². The van der Waals surface area contributed by atoms with E-state index in [-0.39, 0.29) is 17.4 Å². The number of furan rings is 1. The third-order valence-corrected chi connectivity index (χ3v) is 4.05. The zero-order valence-electron chi connectivity index (χ0n) is 14.7. The first-order valence-corrected chi connectivity index (χ1v) is 8.32. The van der Waals surface area contributed by atoms with Gasteiger partial charge in [-0.05, 0) is 48.4 Å². The van der Waals surface area contributed by atoms with Gasteiger partial charge in [0.15, 0.2) is 5.76 Å². The molecule has 3 aromatic rings. The molecule has 0 unspecified atom stereocenters. The molecule has 1 amide bonds. The number of nitro benzene ring substituents is 1. The van der Waals surface area contributed by atoms with Gasteiger partial charge < -0.3 is 14.5 Å². The van der Waals surface area contributed by atoms with Crippen LogP contribution in [0.3, 0.4) is 0 Å². The van der Waals surface area contributed by atoms with E-state index in [0.717, 1.165) is 11.3 Å². The smallest absolute Gasteiger partial charge is 0.287 e. The van der Waals surface area contributed by atoms with Crippen molar-refractivity contribution in [2.24, 2.45) is 0 Å². The Morgan fingerprint density at radius 2 is 1.78 bits per heavy atom. The van der Waals surface area contributed by atoms with Crippen molar-refractivity contribution in [3.05, 3.63) is 82.1 Å². The SMILES string of the molecule is COc1ccc(CCNC(=O)c2ccc(-c3ccc([N+](=O)[O-])cc3)o2)cc1. The molecule has 1 heterocycles. The van der Waals surface area contributed by atoms with Gasteiger partial charge in [-0.3, -0.25) is 14.9 Å². The number of methoxy groups -OCH3 is 1. The van der Waals surface area contributed by atoms with E-state index >= 15 is 0 Å². The van der Waals surface area contributed by atoms with Gasteiger partial charge in [0.25, 0.3) is 11.6 Å². The Morgan fingerprint density at radius 1 is 1.07 bits per heavy atom. The molecule has 0 saturated carbocycles. The first kappa shape index (κ1) is 18.2. The van der Waals surface area contributed by atoms with Gasteiger partial charge in [-0.2, -0.15) is 0 Å². The highest BCUT2D eigenvalue weighted by molar-refractivity contribution is 5.92. The third kappa shape index (κ3) is 4.52. The number of carbonyl (C=O) groups is 1. The molecular weight excluding hydrogens is 348 g/mol. The van der Waals surface area contributed by atoms with Crippen molar-refractivity contribution >= 4 is 11.6 Å². The van der Waals surface area contributed by atoms with Gasteiger partial charge in [-0.1, -0.05) is 12.1 Å². The van der Waals surface area contributed by atoms with E-state index in [0.29, 0.717) is 24.3 Å². The zero-order chi connectivity index (χ0) is 19.2.